The molecule has 2 nitrogen and oxygen atoms in total. The van der Waals surface area contributed by atoms with E-state index in [9.17, 15) is 0 Å². The zero-order valence-electron chi connectivity index (χ0n) is 13.1. The summed E-state index contributed by atoms with van der Waals surface area (Å²) in [5.74, 6) is 1.67. The Bertz CT molecular complexity index is 544. The van der Waals surface area contributed by atoms with Crippen LogP contribution in [0.15, 0.2) is 24.3 Å². The van der Waals surface area contributed by atoms with E-state index in [-0.39, 0.29) is 0 Å². The quantitative estimate of drug-likeness (QED) is 0.870. The van der Waals surface area contributed by atoms with E-state index in [0.717, 1.165) is 24.8 Å². The molecule has 1 heterocycles. The van der Waals surface area contributed by atoms with Crippen LogP contribution in [0, 0.1) is 11.8 Å². The number of aromatic nitrogens is 1. The van der Waals surface area contributed by atoms with Gasteiger partial charge in [-0.2, -0.15) is 0 Å². The molecule has 1 fully saturated rings. The number of para-hydroxylation sites is 1. The molecule has 0 saturated heterocycles. The fraction of sp³-hybridized carbons (Fsp3) is 0.611. The predicted molar refractivity (Wildman–Crippen MR) is 91.9 cm³/mol. The third-order valence-corrected chi connectivity index (χ3v) is 5.97. The number of nitrogens with one attached hydrogen (secondary N) is 1. The SMILES string of the molecule is CCNC1CCC(CC)CC1Cc1nc2ccccc2s1. The topological polar surface area (TPSA) is 24.9 Å². The molecular weight excluding hydrogens is 276 g/mol. The van der Waals surface area contributed by atoms with Crippen molar-refractivity contribution >= 4 is 21.6 Å². The van der Waals surface area contributed by atoms with Crippen molar-refractivity contribution in [2.45, 2.75) is 52.0 Å². The number of hydrogen-bond acceptors (Lipinski definition) is 3. The molecule has 1 aromatic carbocycles. The summed E-state index contributed by atoms with van der Waals surface area (Å²) in [5.41, 5.74) is 1.17. The van der Waals surface area contributed by atoms with Crippen molar-refractivity contribution in [1.29, 1.82) is 0 Å². The number of fused-ring (bicyclic) bond motifs is 1. The Kier molecular flexibility index (Phi) is 4.91. The van der Waals surface area contributed by atoms with Crippen LogP contribution in [0.2, 0.25) is 0 Å². The smallest absolute Gasteiger partial charge is 0.0941 e. The van der Waals surface area contributed by atoms with E-state index in [1.807, 2.05) is 11.3 Å². The second kappa shape index (κ2) is 6.89. The molecule has 1 N–H and O–H groups in total. The zero-order valence-corrected chi connectivity index (χ0v) is 14.0. The minimum atomic E-state index is 0.685. The summed E-state index contributed by atoms with van der Waals surface area (Å²) in [7, 11) is 0. The first-order chi connectivity index (χ1) is 10.3. The highest BCUT2D eigenvalue weighted by Crippen LogP contribution is 2.35. The monoisotopic (exact) mass is 302 g/mol. The van der Waals surface area contributed by atoms with Crippen LogP contribution in [0.4, 0.5) is 0 Å². The molecule has 0 radical (unpaired) electrons. The number of nitrogens with zero attached hydrogens (tertiary/aromatic N) is 1. The Hall–Kier alpha value is -0.930. The lowest BCUT2D eigenvalue weighted by molar-refractivity contribution is 0.200. The predicted octanol–water partition coefficient (Wildman–Crippen LogP) is 4.64. The van der Waals surface area contributed by atoms with Crippen molar-refractivity contribution in [3.05, 3.63) is 29.3 Å². The van der Waals surface area contributed by atoms with E-state index in [4.69, 9.17) is 4.98 Å². The molecule has 3 unspecified atom stereocenters. The molecule has 2 aromatic rings. The molecule has 1 aromatic heterocycles. The summed E-state index contributed by atoms with van der Waals surface area (Å²) in [4.78, 5) is 4.84. The zero-order chi connectivity index (χ0) is 14.7. The first-order valence-electron chi connectivity index (χ1n) is 8.38. The summed E-state index contributed by atoms with van der Waals surface area (Å²) in [6.45, 7) is 5.64. The largest absolute Gasteiger partial charge is 0.314 e. The number of hydrogen-bond donors (Lipinski definition) is 1. The van der Waals surface area contributed by atoms with Crippen LogP contribution in [0.25, 0.3) is 10.2 Å². The van der Waals surface area contributed by atoms with Gasteiger partial charge in [-0.1, -0.05) is 32.4 Å². The van der Waals surface area contributed by atoms with E-state index < -0.39 is 0 Å². The van der Waals surface area contributed by atoms with Crippen LogP contribution in [-0.2, 0) is 6.42 Å². The molecule has 0 bridgehead atoms. The van der Waals surface area contributed by atoms with Crippen LogP contribution in [0.3, 0.4) is 0 Å². The minimum Gasteiger partial charge on any atom is -0.314 e. The number of benzene rings is 1. The lowest BCUT2D eigenvalue weighted by Gasteiger charge is -2.36. The van der Waals surface area contributed by atoms with Gasteiger partial charge in [0.25, 0.3) is 0 Å². The van der Waals surface area contributed by atoms with E-state index in [1.165, 1.54) is 40.9 Å². The Balaban J connectivity index is 1.75. The van der Waals surface area contributed by atoms with Crippen LogP contribution in [0.5, 0.6) is 0 Å². The lowest BCUT2D eigenvalue weighted by Crippen LogP contribution is -2.41. The van der Waals surface area contributed by atoms with Gasteiger partial charge in [0.1, 0.15) is 0 Å². The molecular formula is C18H26N2S. The third-order valence-electron chi connectivity index (χ3n) is 4.91. The summed E-state index contributed by atoms with van der Waals surface area (Å²) < 4.78 is 1.33. The molecule has 1 aliphatic carbocycles. The van der Waals surface area contributed by atoms with Crippen molar-refractivity contribution in [1.82, 2.24) is 10.3 Å². The standard InChI is InChI=1S/C18H26N2S/c1-3-13-9-10-15(19-4-2)14(11-13)12-18-20-16-7-5-6-8-17(16)21-18/h5-8,13-15,19H,3-4,9-12H2,1-2H3. The van der Waals surface area contributed by atoms with E-state index in [2.05, 4.69) is 43.4 Å². The van der Waals surface area contributed by atoms with Crippen molar-refractivity contribution in [2.75, 3.05) is 6.54 Å². The highest BCUT2D eigenvalue weighted by Gasteiger charge is 2.29. The molecule has 0 spiro atoms. The highest BCUT2D eigenvalue weighted by molar-refractivity contribution is 7.18. The second-order valence-electron chi connectivity index (χ2n) is 6.29. The average molecular weight is 302 g/mol. The van der Waals surface area contributed by atoms with Gasteiger partial charge in [0.2, 0.25) is 0 Å². The van der Waals surface area contributed by atoms with E-state index >= 15 is 0 Å². The van der Waals surface area contributed by atoms with Gasteiger partial charge in [-0.25, -0.2) is 4.98 Å². The van der Waals surface area contributed by atoms with Gasteiger partial charge in [0, 0.05) is 12.5 Å². The summed E-state index contributed by atoms with van der Waals surface area (Å²) >= 11 is 1.88. The van der Waals surface area contributed by atoms with Gasteiger partial charge in [0.05, 0.1) is 15.2 Å². The summed E-state index contributed by atoms with van der Waals surface area (Å²) in [5, 5.41) is 5.03. The lowest BCUT2D eigenvalue weighted by atomic mass is 9.75. The molecule has 114 valence electrons. The summed E-state index contributed by atoms with van der Waals surface area (Å²) in [6, 6.07) is 9.20. The van der Waals surface area contributed by atoms with Gasteiger partial charge in [-0.3, -0.25) is 0 Å². The Morgan fingerprint density at radius 2 is 2.10 bits per heavy atom. The molecule has 0 aliphatic heterocycles. The molecule has 3 atom stereocenters. The van der Waals surface area contributed by atoms with E-state index in [0.29, 0.717) is 6.04 Å². The Labute approximate surface area is 132 Å². The maximum absolute atomic E-state index is 4.84. The van der Waals surface area contributed by atoms with Crippen LogP contribution in [0.1, 0.15) is 44.5 Å². The summed E-state index contributed by atoms with van der Waals surface area (Å²) in [6.07, 6.45) is 6.57. The van der Waals surface area contributed by atoms with E-state index in [1.54, 1.807) is 0 Å². The van der Waals surface area contributed by atoms with Gasteiger partial charge in [-0.15, -0.1) is 11.3 Å². The first kappa shape index (κ1) is 15.0. The van der Waals surface area contributed by atoms with Gasteiger partial charge in [-0.05, 0) is 49.8 Å². The van der Waals surface area contributed by atoms with Crippen LogP contribution >= 0.6 is 11.3 Å². The Morgan fingerprint density at radius 1 is 1.24 bits per heavy atom. The molecule has 21 heavy (non-hydrogen) atoms. The molecule has 0 amide bonds. The molecule has 3 rings (SSSR count). The first-order valence-corrected chi connectivity index (χ1v) is 9.19. The second-order valence-corrected chi connectivity index (χ2v) is 7.41. The van der Waals surface area contributed by atoms with Crippen molar-refractivity contribution in [2.24, 2.45) is 11.8 Å². The van der Waals surface area contributed by atoms with Gasteiger partial charge in [0.15, 0.2) is 0 Å². The number of rotatable bonds is 5. The van der Waals surface area contributed by atoms with Gasteiger partial charge >= 0.3 is 0 Å². The van der Waals surface area contributed by atoms with Crippen LogP contribution in [-0.4, -0.2) is 17.6 Å². The fourth-order valence-corrected chi connectivity index (χ4v) is 4.78. The average Bonchev–Trinajstić information content (AvgIpc) is 2.91. The van der Waals surface area contributed by atoms with Crippen molar-refractivity contribution in [3.63, 3.8) is 0 Å². The van der Waals surface area contributed by atoms with Crippen molar-refractivity contribution < 1.29 is 0 Å². The van der Waals surface area contributed by atoms with Crippen molar-refractivity contribution in [3.8, 4) is 0 Å². The minimum absolute atomic E-state index is 0.685. The number of thiazole rings is 1. The molecule has 1 saturated carbocycles. The normalized spacial score (nSPS) is 26.3. The molecule has 1 aliphatic rings. The maximum atomic E-state index is 4.84. The van der Waals surface area contributed by atoms with Gasteiger partial charge < -0.3 is 5.32 Å². The molecule has 3 heteroatoms. The Morgan fingerprint density at radius 3 is 2.86 bits per heavy atom. The maximum Gasteiger partial charge on any atom is 0.0941 e. The highest BCUT2D eigenvalue weighted by atomic mass is 32.1. The van der Waals surface area contributed by atoms with Crippen LogP contribution < -0.4 is 5.32 Å². The third kappa shape index (κ3) is 3.46. The fourth-order valence-electron chi connectivity index (χ4n) is 3.72.